The highest BCUT2D eigenvalue weighted by Gasteiger charge is 2.15. The molecule has 1 aromatic carbocycles. The molecule has 1 N–H and O–H groups in total. The Bertz CT molecular complexity index is 986. The Morgan fingerprint density at radius 1 is 1.27 bits per heavy atom. The topological polar surface area (TPSA) is 97.3 Å². The van der Waals surface area contributed by atoms with Crippen LogP contribution in [0, 0.1) is 0 Å². The first-order valence-electron chi connectivity index (χ1n) is 6.71. The summed E-state index contributed by atoms with van der Waals surface area (Å²) < 4.78 is 5.15. The SMILES string of the molecule is CC(C)(C)OC(=O)/N=c1/cc2ncc3cn[nH]c(=O)c(c1)c32. The van der Waals surface area contributed by atoms with Crippen molar-refractivity contribution in [1.82, 2.24) is 15.2 Å². The van der Waals surface area contributed by atoms with Gasteiger partial charge in [-0.05, 0) is 32.9 Å². The molecule has 0 radical (unpaired) electrons. The van der Waals surface area contributed by atoms with Crippen molar-refractivity contribution in [1.29, 1.82) is 0 Å². The summed E-state index contributed by atoms with van der Waals surface area (Å²) in [5.74, 6) is 0. The Hall–Kier alpha value is -2.83. The first-order chi connectivity index (χ1) is 10.3. The minimum atomic E-state index is -0.712. The van der Waals surface area contributed by atoms with Gasteiger partial charge in [0.1, 0.15) is 5.60 Å². The van der Waals surface area contributed by atoms with E-state index in [1.165, 1.54) is 12.3 Å². The number of benzene rings is 1. The third-order valence-corrected chi connectivity index (χ3v) is 2.96. The van der Waals surface area contributed by atoms with Gasteiger partial charge in [0.15, 0.2) is 0 Å². The minimum Gasteiger partial charge on any atom is -0.442 e. The zero-order chi connectivity index (χ0) is 15.9. The third-order valence-electron chi connectivity index (χ3n) is 2.96. The number of carbonyl (C=O) groups is 1. The number of amides is 1. The lowest BCUT2D eigenvalue weighted by Gasteiger charge is -2.17. The van der Waals surface area contributed by atoms with Gasteiger partial charge in [-0.3, -0.25) is 9.78 Å². The van der Waals surface area contributed by atoms with Crippen LogP contribution < -0.4 is 10.9 Å². The van der Waals surface area contributed by atoms with Gasteiger partial charge in [0.2, 0.25) is 0 Å². The highest BCUT2D eigenvalue weighted by atomic mass is 16.6. The van der Waals surface area contributed by atoms with Gasteiger partial charge < -0.3 is 4.74 Å². The maximum atomic E-state index is 12.0. The Morgan fingerprint density at radius 3 is 2.77 bits per heavy atom. The van der Waals surface area contributed by atoms with Gasteiger partial charge in [-0.25, -0.2) is 9.89 Å². The van der Waals surface area contributed by atoms with E-state index in [9.17, 15) is 9.59 Å². The van der Waals surface area contributed by atoms with Crippen LogP contribution in [-0.4, -0.2) is 26.9 Å². The highest BCUT2D eigenvalue weighted by Crippen LogP contribution is 2.20. The molecule has 0 unspecified atom stereocenters. The molecule has 0 bridgehead atoms. The molecule has 1 amide bonds. The van der Waals surface area contributed by atoms with Gasteiger partial charge in [0, 0.05) is 17.0 Å². The second-order valence-electron chi connectivity index (χ2n) is 5.89. The molecule has 0 aliphatic carbocycles. The van der Waals surface area contributed by atoms with E-state index in [4.69, 9.17) is 4.74 Å². The molecule has 2 aromatic heterocycles. The maximum Gasteiger partial charge on any atom is 0.434 e. The molecule has 112 valence electrons. The summed E-state index contributed by atoms with van der Waals surface area (Å²) in [6.45, 7) is 5.27. The molecule has 7 heteroatoms. The molecular weight excluding hydrogens is 284 g/mol. The molecule has 2 heterocycles. The Balaban J connectivity index is 2.24. The number of aromatic amines is 1. The molecule has 0 fully saturated rings. The summed E-state index contributed by atoms with van der Waals surface area (Å²) in [6.07, 6.45) is 2.44. The fourth-order valence-corrected chi connectivity index (χ4v) is 2.17. The van der Waals surface area contributed by atoms with Gasteiger partial charge in [-0.15, -0.1) is 0 Å². The monoisotopic (exact) mass is 298 g/mol. The molecule has 0 aliphatic rings. The van der Waals surface area contributed by atoms with Gasteiger partial charge >= 0.3 is 6.09 Å². The molecule has 3 rings (SSSR count). The van der Waals surface area contributed by atoms with Crippen molar-refractivity contribution in [2.75, 3.05) is 0 Å². The van der Waals surface area contributed by atoms with Crippen molar-refractivity contribution in [3.63, 3.8) is 0 Å². The van der Waals surface area contributed by atoms with Crippen LogP contribution in [0.1, 0.15) is 20.8 Å². The number of hydrogen-bond acceptors (Lipinski definition) is 5. The standard InChI is InChI=1S/C15H14N4O3/c1-15(2,3)22-14(21)18-9-4-10-12-8(6-16-11(12)5-9)7-17-19-13(10)20/h4-7H,1-3H3,(H,19,20)/b18-9+. The molecule has 7 nitrogen and oxygen atoms in total. The molecular formula is C15H14N4O3. The molecule has 0 atom stereocenters. The number of hydrogen-bond donors (Lipinski definition) is 1. The van der Waals surface area contributed by atoms with Crippen molar-refractivity contribution in [3.05, 3.63) is 40.2 Å². The lowest BCUT2D eigenvalue weighted by atomic mass is 10.1. The van der Waals surface area contributed by atoms with Crippen LogP contribution in [0.25, 0.3) is 21.7 Å². The van der Waals surface area contributed by atoms with Crippen molar-refractivity contribution in [3.8, 4) is 0 Å². The van der Waals surface area contributed by atoms with Gasteiger partial charge in [-0.2, -0.15) is 10.1 Å². The smallest absolute Gasteiger partial charge is 0.434 e. The van der Waals surface area contributed by atoms with Crippen LogP contribution in [-0.2, 0) is 4.74 Å². The van der Waals surface area contributed by atoms with Crippen LogP contribution in [0.4, 0.5) is 4.79 Å². The third kappa shape index (κ3) is 2.65. The predicted octanol–water partition coefficient (Wildman–Crippen LogP) is 1.74. The summed E-state index contributed by atoms with van der Waals surface area (Å²) in [4.78, 5) is 31.9. The van der Waals surface area contributed by atoms with E-state index in [-0.39, 0.29) is 5.56 Å². The lowest BCUT2D eigenvalue weighted by Crippen LogP contribution is -2.23. The lowest BCUT2D eigenvalue weighted by molar-refractivity contribution is 0.0597. The zero-order valence-corrected chi connectivity index (χ0v) is 12.4. The summed E-state index contributed by atoms with van der Waals surface area (Å²) in [7, 11) is 0. The van der Waals surface area contributed by atoms with E-state index in [0.29, 0.717) is 21.6 Å². The van der Waals surface area contributed by atoms with Crippen LogP contribution >= 0.6 is 0 Å². The molecule has 0 saturated carbocycles. The molecule has 0 aliphatic heterocycles. The first-order valence-corrected chi connectivity index (χ1v) is 6.71. The second-order valence-corrected chi connectivity index (χ2v) is 5.89. The highest BCUT2D eigenvalue weighted by molar-refractivity contribution is 6.07. The van der Waals surface area contributed by atoms with Gasteiger partial charge in [-0.1, -0.05) is 0 Å². The molecule has 22 heavy (non-hydrogen) atoms. The predicted molar refractivity (Wildman–Crippen MR) is 80.6 cm³/mol. The summed E-state index contributed by atoms with van der Waals surface area (Å²) >= 11 is 0. The maximum absolute atomic E-state index is 12.0. The average Bonchev–Trinajstić information content (AvgIpc) is 2.71. The van der Waals surface area contributed by atoms with Crippen LogP contribution in [0.3, 0.4) is 0 Å². The fourth-order valence-electron chi connectivity index (χ4n) is 2.17. The minimum absolute atomic E-state index is 0.318. The number of nitrogens with one attached hydrogen (secondary N) is 1. The number of carbonyl (C=O) groups excluding carboxylic acids is 1. The number of rotatable bonds is 0. The second kappa shape index (κ2) is 4.87. The van der Waals surface area contributed by atoms with Crippen molar-refractivity contribution >= 4 is 27.8 Å². The zero-order valence-electron chi connectivity index (χ0n) is 12.4. The normalized spacial score (nSPS) is 13.0. The van der Waals surface area contributed by atoms with E-state index in [1.807, 2.05) is 0 Å². The fraction of sp³-hybridized carbons (Fsp3) is 0.267. The number of ether oxygens (including phenoxy) is 1. The van der Waals surface area contributed by atoms with E-state index < -0.39 is 11.7 Å². The quantitative estimate of drug-likeness (QED) is 0.682. The largest absolute Gasteiger partial charge is 0.442 e. The van der Waals surface area contributed by atoms with E-state index in [2.05, 4.69) is 20.2 Å². The number of nitrogens with zero attached hydrogens (tertiary/aromatic N) is 3. The number of aromatic nitrogens is 3. The summed E-state index contributed by atoms with van der Waals surface area (Å²) in [5, 5.41) is 8.35. The van der Waals surface area contributed by atoms with Gasteiger partial charge in [0.25, 0.3) is 5.56 Å². The average molecular weight is 298 g/mol. The van der Waals surface area contributed by atoms with Crippen molar-refractivity contribution in [2.24, 2.45) is 4.99 Å². The van der Waals surface area contributed by atoms with E-state index in [0.717, 1.165) is 5.39 Å². The Morgan fingerprint density at radius 2 is 2.05 bits per heavy atom. The van der Waals surface area contributed by atoms with Crippen LogP contribution in [0.2, 0.25) is 0 Å². The summed E-state index contributed by atoms with van der Waals surface area (Å²) in [5.41, 5.74) is -0.416. The molecule has 0 spiro atoms. The Labute approximate surface area is 125 Å². The molecule has 3 aromatic rings. The Kier molecular flexibility index (Phi) is 3.13. The van der Waals surface area contributed by atoms with Crippen molar-refractivity contribution in [2.45, 2.75) is 26.4 Å². The summed E-state index contributed by atoms with van der Waals surface area (Å²) in [6, 6.07) is 3.17. The van der Waals surface area contributed by atoms with E-state index in [1.54, 1.807) is 33.0 Å². The van der Waals surface area contributed by atoms with E-state index >= 15 is 0 Å². The first kappa shape index (κ1) is 14.1. The van der Waals surface area contributed by atoms with Gasteiger partial charge in [0.05, 0.1) is 22.5 Å². The molecule has 0 saturated heterocycles. The van der Waals surface area contributed by atoms with Crippen LogP contribution in [0.5, 0.6) is 0 Å². The van der Waals surface area contributed by atoms with Crippen LogP contribution in [0.15, 0.2) is 34.3 Å². The van der Waals surface area contributed by atoms with Crippen molar-refractivity contribution < 1.29 is 9.53 Å². The number of H-pyrrole nitrogens is 1.